The predicted molar refractivity (Wildman–Crippen MR) is 53.0 cm³/mol. The second kappa shape index (κ2) is 4.24. The van der Waals surface area contributed by atoms with E-state index in [0.29, 0.717) is 0 Å². The highest BCUT2D eigenvalue weighted by atomic mass is 15.1. The number of rotatable bonds is 2. The molecule has 2 N–H and O–H groups in total. The molecule has 2 nitrogen and oxygen atoms in total. The van der Waals surface area contributed by atoms with Crippen molar-refractivity contribution in [3.63, 3.8) is 0 Å². The van der Waals surface area contributed by atoms with Crippen LogP contribution in [0.3, 0.4) is 0 Å². The Bertz CT molecular complexity index is 134. The van der Waals surface area contributed by atoms with Crippen LogP contribution in [0.5, 0.6) is 0 Å². The molecular formula is C10H22N2. The third kappa shape index (κ3) is 2.20. The smallest absolute Gasteiger partial charge is 0.0132 e. The second-order valence-electron chi connectivity index (χ2n) is 4.44. The van der Waals surface area contributed by atoms with Crippen molar-refractivity contribution in [1.29, 1.82) is 0 Å². The minimum absolute atomic E-state index is 0.721. The summed E-state index contributed by atoms with van der Waals surface area (Å²) in [5, 5.41) is 0. The van der Waals surface area contributed by atoms with E-state index >= 15 is 0 Å². The minimum atomic E-state index is 0.721. The molecule has 0 aromatic carbocycles. The summed E-state index contributed by atoms with van der Waals surface area (Å²) in [6.45, 7) is 3.21. The fourth-order valence-corrected chi connectivity index (χ4v) is 2.32. The molecular weight excluding hydrogens is 148 g/mol. The molecule has 12 heavy (non-hydrogen) atoms. The monoisotopic (exact) mass is 170 g/mol. The van der Waals surface area contributed by atoms with Gasteiger partial charge < -0.3 is 10.6 Å². The maximum atomic E-state index is 5.75. The summed E-state index contributed by atoms with van der Waals surface area (Å²) in [6.07, 6.45) is 4.02. The molecule has 0 amide bonds. The molecule has 72 valence electrons. The van der Waals surface area contributed by atoms with Crippen LogP contribution in [-0.4, -0.2) is 31.6 Å². The molecule has 1 fully saturated rings. The van der Waals surface area contributed by atoms with Crippen molar-refractivity contribution in [2.24, 2.45) is 17.6 Å². The lowest BCUT2D eigenvalue weighted by Gasteiger charge is -2.38. The molecule has 1 aliphatic carbocycles. The maximum Gasteiger partial charge on any atom is 0.0132 e. The van der Waals surface area contributed by atoms with Crippen LogP contribution in [0.25, 0.3) is 0 Å². The van der Waals surface area contributed by atoms with Crippen LogP contribution in [0.15, 0.2) is 0 Å². The summed E-state index contributed by atoms with van der Waals surface area (Å²) < 4.78 is 0. The van der Waals surface area contributed by atoms with Crippen molar-refractivity contribution in [1.82, 2.24) is 4.90 Å². The zero-order valence-corrected chi connectivity index (χ0v) is 8.59. The molecule has 2 heteroatoms. The first-order valence-electron chi connectivity index (χ1n) is 5.01. The summed E-state index contributed by atoms with van der Waals surface area (Å²) in [5.74, 6) is 1.62. The summed E-state index contributed by atoms with van der Waals surface area (Å²) in [5.41, 5.74) is 5.75. The number of hydrogen-bond acceptors (Lipinski definition) is 2. The van der Waals surface area contributed by atoms with Gasteiger partial charge in [0.15, 0.2) is 0 Å². The van der Waals surface area contributed by atoms with Crippen LogP contribution in [0.2, 0.25) is 0 Å². The SMILES string of the molecule is CC1CCC(CN)C(N(C)C)C1. The van der Waals surface area contributed by atoms with E-state index in [1.165, 1.54) is 19.3 Å². The Morgan fingerprint density at radius 3 is 2.50 bits per heavy atom. The molecule has 0 bridgehead atoms. The molecule has 1 saturated carbocycles. The quantitative estimate of drug-likeness (QED) is 0.677. The van der Waals surface area contributed by atoms with Gasteiger partial charge in [0, 0.05) is 6.04 Å². The van der Waals surface area contributed by atoms with E-state index in [0.717, 1.165) is 24.4 Å². The Balaban J connectivity index is 2.52. The molecule has 3 atom stereocenters. The normalized spacial score (nSPS) is 37.2. The van der Waals surface area contributed by atoms with Gasteiger partial charge in [-0.05, 0) is 45.3 Å². The van der Waals surface area contributed by atoms with Crippen molar-refractivity contribution in [2.75, 3.05) is 20.6 Å². The average molecular weight is 170 g/mol. The van der Waals surface area contributed by atoms with Crippen LogP contribution >= 0.6 is 0 Å². The summed E-state index contributed by atoms with van der Waals surface area (Å²) in [7, 11) is 4.34. The third-order valence-corrected chi connectivity index (χ3v) is 3.18. The highest BCUT2D eigenvalue weighted by Gasteiger charge is 2.28. The van der Waals surface area contributed by atoms with Crippen LogP contribution in [0.4, 0.5) is 0 Å². The highest BCUT2D eigenvalue weighted by molar-refractivity contribution is 4.83. The maximum absolute atomic E-state index is 5.75. The first-order chi connectivity index (χ1) is 5.65. The zero-order chi connectivity index (χ0) is 9.14. The summed E-state index contributed by atoms with van der Waals surface area (Å²) >= 11 is 0. The summed E-state index contributed by atoms with van der Waals surface area (Å²) in [6, 6.07) is 0.721. The van der Waals surface area contributed by atoms with E-state index in [2.05, 4.69) is 25.9 Å². The molecule has 1 rings (SSSR count). The summed E-state index contributed by atoms with van der Waals surface area (Å²) in [4.78, 5) is 2.34. The Morgan fingerprint density at radius 2 is 2.00 bits per heavy atom. The topological polar surface area (TPSA) is 29.3 Å². The molecule has 0 radical (unpaired) electrons. The third-order valence-electron chi connectivity index (χ3n) is 3.18. The van der Waals surface area contributed by atoms with Gasteiger partial charge in [0.2, 0.25) is 0 Å². The van der Waals surface area contributed by atoms with Crippen molar-refractivity contribution >= 4 is 0 Å². The second-order valence-corrected chi connectivity index (χ2v) is 4.44. The van der Waals surface area contributed by atoms with Crippen molar-refractivity contribution in [3.8, 4) is 0 Å². The fraction of sp³-hybridized carbons (Fsp3) is 1.00. The lowest BCUT2D eigenvalue weighted by atomic mass is 9.78. The van der Waals surface area contributed by atoms with Crippen LogP contribution < -0.4 is 5.73 Å². The van der Waals surface area contributed by atoms with E-state index in [1.54, 1.807) is 0 Å². The van der Waals surface area contributed by atoms with E-state index in [1.807, 2.05) is 0 Å². The van der Waals surface area contributed by atoms with Crippen molar-refractivity contribution in [3.05, 3.63) is 0 Å². The number of nitrogens with zero attached hydrogens (tertiary/aromatic N) is 1. The first kappa shape index (κ1) is 10.0. The number of hydrogen-bond donors (Lipinski definition) is 1. The Hall–Kier alpha value is -0.0800. The van der Waals surface area contributed by atoms with E-state index in [9.17, 15) is 0 Å². The van der Waals surface area contributed by atoms with Crippen LogP contribution in [-0.2, 0) is 0 Å². The number of nitrogens with two attached hydrogens (primary N) is 1. The Morgan fingerprint density at radius 1 is 1.33 bits per heavy atom. The minimum Gasteiger partial charge on any atom is -0.330 e. The lowest BCUT2D eigenvalue weighted by molar-refractivity contribution is 0.130. The largest absolute Gasteiger partial charge is 0.330 e. The highest BCUT2D eigenvalue weighted by Crippen LogP contribution is 2.30. The average Bonchev–Trinajstić information content (AvgIpc) is 2.04. The van der Waals surface area contributed by atoms with E-state index in [-0.39, 0.29) is 0 Å². The van der Waals surface area contributed by atoms with Crippen LogP contribution in [0.1, 0.15) is 26.2 Å². The molecule has 3 unspecified atom stereocenters. The van der Waals surface area contributed by atoms with Gasteiger partial charge in [0.05, 0.1) is 0 Å². The molecule has 0 heterocycles. The Kier molecular flexibility index (Phi) is 3.53. The molecule has 0 saturated heterocycles. The first-order valence-corrected chi connectivity index (χ1v) is 5.01. The van der Waals surface area contributed by atoms with Gasteiger partial charge in [-0.2, -0.15) is 0 Å². The molecule has 0 aromatic heterocycles. The van der Waals surface area contributed by atoms with Gasteiger partial charge >= 0.3 is 0 Å². The van der Waals surface area contributed by atoms with Crippen molar-refractivity contribution in [2.45, 2.75) is 32.2 Å². The predicted octanol–water partition coefficient (Wildman–Crippen LogP) is 1.31. The molecule has 0 aromatic rings. The van der Waals surface area contributed by atoms with E-state index in [4.69, 9.17) is 5.73 Å². The van der Waals surface area contributed by atoms with Gasteiger partial charge in [-0.25, -0.2) is 0 Å². The molecule has 0 spiro atoms. The van der Waals surface area contributed by atoms with Gasteiger partial charge in [-0.3, -0.25) is 0 Å². The van der Waals surface area contributed by atoms with Gasteiger partial charge in [0.1, 0.15) is 0 Å². The van der Waals surface area contributed by atoms with E-state index < -0.39 is 0 Å². The van der Waals surface area contributed by atoms with Gasteiger partial charge in [0.25, 0.3) is 0 Å². The van der Waals surface area contributed by atoms with Gasteiger partial charge in [-0.1, -0.05) is 13.3 Å². The fourth-order valence-electron chi connectivity index (χ4n) is 2.32. The molecule has 0 aliphatic heterocycles. The van der Waals surface area contributed by atoms with Crippen LogP contribution in [0, 0.1) is 11.8 Å². The molecule has 1 aliphatic rings. The lowest BCUT2D eigenvalue weighted by Crippen LogP contribution is -2.42. The Labute approximate surface area is 76.1 Å². The van der Waals surface area contributed by atoms with Gasteiger partial charge in [-0.15, -0.1) is 0 Å². The zero-order valence-electron chi connectivity index (χ0n) is 8.59. The van der Waals surface area contributed by atoms with Crippen molar-refractivity contribution < 1.29 is 0 Å². The standard InChI is InChI=1S/C10H22N2/c1-8-4-5-9(7-11)10(6-8)12(2)3/h8-10H,4-7,11H2,1-3H3.